The largest absolute Gasteiger partial charge is 0.491 e. The van der Waals surface area contributed by atoms with Gasteiger partial charge in [0.2, 0.25) is 5.91 Å². The molecule has 2 aromatic carbocycles. The van der Waals surface area contributed by atoms with Gasteiger partial charge in [0.15, 0.2) is 0 Å². The van der Waals surface area contributed by atoms with Crippen molar-refractivity contribution in [1.82, 2.24) is 9.78 Å². The zero-order chi connectivity index (χ0) is 18.2. The Morgan fingerprint density at radius 3 is 2.62 bits per heavy atom. The number of nitrogens with zero attached hydrogens (tertiary/aromatic N) is 2. The van der Waals surface area contributed by atoms with Gasteiger partial charge in [-0.3, -0.25) is 9.48 Å². The summed E-state index contributed by atoms with van der Waals surface area (Å²) >= 11 is 0. The second kappa shape index (κ2) is 8.85. The summed E-state index contributed by atoms with van der Waals surface area (Å²) in [6, 6.07) is 17.7. The Balaban J connectivity index is 1.56. The van der Waals surface area contributed by atoms with E-state index in [2.05, 4.69) is 22.5 Å². The first-order valence-electron chi connectivity index (χ1n) is 8.81. The van der Waals surface area contributed by atoms with Gasteiger partial charge in [-0.2, -0.15) is 5.10 Å². The molecule has 0 spiro atoms. The van der Waals surface area contributed by atoms with Crippen molar-refractivity contribution in [3.05, 3.63) is 78.1 Å². The lowest BCUT2D eigenvalue weighted by Crippen LogP contribution is -2.15. The predicted octanol–water partition coefficient (Wildman–Crippen LogP) is 3.71. The minimum Gasteiger partial charge on any atom is -0.491 e. The average Bonchev–Trinajstić information content (AvgIpc) is 3.11. The van der Waals surface area contributed by atoms with Crippen molar-refractivity contribution in [2.75, 3.05) is 11.9 Å². The van der Waals surface area contributed by atoms with E-state index in [1.54, 1.807) is 6.20 Å². The van der Waals surface area contributed by atoms with Crippen molar-refractivity contribution in [2.24, 2.45) is 0 Å². The molecular formula is C21H23N3O2. The number of nitrogens with one attached hydrogen (secondary N) is 1. The number of rotatable bonds is 8. The monoisotopic (exact) mass is 349 g/mol. The van der Waals surface area contributed by atoms with Gasteiger partial charge in [0, 0.05) is 19.2 Å². The molecule has 1 aromatic heterocycles. The van der Waals surface area contributed by atoms with Gasteiger partial charge in [-0.05, 0) is 30.2 Å². The van der Waals surface area contributed by atoms with Gasteiger partial charge < -0.3 is 10.1 Å². The Morgan fingerprint density at radius 2 is 1.85 bits per heavy atom. The number of amides is 1. The van der Waals surface area contributed by atoms with Crippen LogP contribution in [0.15, 0.2) is 67.0 Å². The van der Waals surface area contributed by atoms with Crippen molar-refractivity contribution >= 4 is 11.6 Å². The molecule has 5 nitrogen and oxygen atoms in total. The van der Waals surface area contributed by atoms with Crippen LogP contribution >= 0.6 is 0 Å². The van der Waals surface area contributed by atoms with Gasteiger partial charge in [-0.25, -0.2) is 0 Å². The number of carbonyl (C=O) groups excluding carboxylic acids is 1. The fourth-order valence-electron chi connectivity index (χ4n) is 2.67. The molecular weight excluding hydrogens is 326 g/mol. The Bertz CT molecular complexity index is 843. The van der Waals surface area contributed by atoms with Crippen LogP contribution in [-0.4, -0.2) is 22.3 Å². The molecule has 0 fully saturated rings. The molecule has 0 aliphatic heterocycles. The molecule has 5 heteroatoms. The van der Waals surface area contributed by atoms with Crippen LogP contribution < -0.4 is 10.1 Å². The normalized spacial score (nSPS) is 10.5. The minimum absolute atomic E-state index is 0.0836. The number of anilines is 1. The van der Waals surface area contributed by atoms with Crippen LogP contribution in [-0.2, 0) is 24.2 Å². The first-order valence-corrected chi connectivity index (χ1v) is 8.81. The summed E-state index contributed by atoms with van der Waals surface area (Å²) in [7, 11) is 0. The molecule has 0 unspecified atom stereocenters. The van der Waals surface area contributed by atoms with Crippen LogP contribution in [0.2, 0.25) is 0 Å². The Labute approximate surface area is 153 Å². The molecule has 3 aromatic rings. The SMILES string of the molecule is CCn1cc(CC(=O)Nc2ccccc2OCCc2ccccc2)cn1. The van der Waals surface area contributed by atoms with Gasteiger partial charge in [-0.1, -0.05) is 42.5 Å². The molecule has 0 saturated heterocycles. The Hall–Kier alpha value is -3.08. The third-order valence-corrected chi connectivity index (χ3v) is 4.03. The number of aromatic nitrogens is 2. The van der Waals surface area contributed by atoms with Crippen molar-refractivity contribution in [3.8, 4) is 5.75 Å². The molecule has 0 aliphatic carbocycles. The van der Waals surface area contributed by atoms with Crippen LogP contribution in [0.1, 0.15) is 18.1 Å². The van der Waals surface area contributed by atoms with Crippen molar-refractivity contribution < 1.29 is 9.53 Å². The van der Waals surface area contributed by atoms with E-state index in [1.165, 1.54) is 5.56 Å². The van der Waals surface area contributed by atoms with Crippen LogP contribution in [0, 0.1) is 0 Å². The van der Waals surface area contributed by atoms with Gasteiger partial charge in [0.25, 0.3) is 0 Å². The van der Waals surface area contributed by atoms with Crippen LogP contribution in [0.25, 0.3) is 0 Å². The lowest BCUT2D eigenvalue weighted by molar-refractivity contribution is -0.115. The maximum Gasteiger partial charge on any atom is 0.229 e. The maximum atomic E-state index is 12.3. The second-order valence-electron chi connectivity index (χ2n) is 6.01. The molecule has 0 radical (unpaired) electrons. The highest BCUT2D eigenvalue weighted by Crippen LogP contribution is 2.24. The van der Waals surface area contributed by atoms with E-state index in [-0.39, 0.29) is 5.91 Å². The first-order chi connectivity index (χ1) is 12.7. The van der Waals surface area contributed by atoms with E-state index in [0.717, 1.165) is 18.5 Å². The molecule has 0 aliphatic rings. The summed E-state index contributed by atoms with van der Waals surface area (Å²) in [6.45, 7) is 3.36. The van der Waals surface area contributed by atoms with E-state index < -0.39 is 0 Å². The van der Waals surface area contributed by atoms with Gasteiger partial charge in [0.1, 0.15) is 5.75 Å². The lowest BCUT2D eigenvalue weighted by atomic mass is 10.2. The number of benzene rings is 2. The molecule has 0 atom stereocenters. The fraction of sp³-hybridized carbons (Fsp3) is 0.238. The van der Waals surface area contributed by atoms with Gasteiger partial charge in [0.05, 0.1) is 24.9 Å². The highest BCUT2D eigenvalue weighted by molar-refractivity contribution is 5.93. The van der Waals surface area contributed by atoms with Gasteiger partial charge in [-0.15, -0.1) is 0 Å². The number of hydrogen-bond acceptors (Lipinski definition) is 3. The summed E-state index contributed by atoms with van der Waals surface area (Å²) in [4.78, 5) is 12.3. The molecule has 0 saturated carbocycles. The molecule has 1 heterocycles. The standard InChI is InChI=1S/C21H23N3O2/c1-2-24-16-18(15-22-24)14-21(25)23-19-10-6-7-11-20(19)26-13-12-17-8-4-3-5-9-17/h3-11,15-16H,2,12-14H2,1H3,(H,23,25). The number of para-hydroxylation sites is 2. The zero-order valence-corrected chi connectivity index (χ0v) is 14.9. The summed E-state index contributed by atoms with van der Waals surface area (Å²) in [5.41, 5.74) is 2.81. The highest BCUT2D eigenvalue weighted by atomic mass is 16.5. The van der Waals surface area contributed by atoms with E-state index in [9.17, 15) is 4.79 Å². The summed E-state index contributed by atoms with van der Waals surface area (Å²) in [5.74, 6) is 0.598. The van der Waals surface area contributed by atoms with Crippen LogP contribution in [0.4, 0.5) is 5.69 Å². The Kier molecular flexibility index (Phi) is 6.04. The number of hydrogen-bond donors (Lipinski definition) is 1. The van der Waals surface area contributed by atoms with Crippen molar-refractivity contribution in [1.29, 1.82) is 0 Å². The van der Waals surface area contributed by atoms with Crippen molar-refractivity contribution in [2.45, 2.75) is 26.3 Å². The number of ether oxygens (including phenoxy) is 1. The van der Waals surface area contributed by atoms with Crippen LogP contribution in [0.5, 0.6) is 5.75 Å². The van der Waals surface area contributed by atoms with Crippen molar-refractivity contribution in [3.63, 3.8) is 0 Å². The molecule has 1 N–H and O–H groups in total. The van der Waals surface area contributed by atoms with E-state index in [1.807, 2.05) is 60.3 Å². The quantitative estimate of drug-likeness (QED) is 0.674. The number of aryl methyl sites for hydroxylation is 1. The summed E-state index contributed by atoms with van der Waals surface area (Å²) in [6.07, 6.45) is 4.73. The minimum atomic E-state index is -0.0836. The molecule has 26 heavy (non-hydrogen) atoms. The van der Waals surface area contributed by atoms with E-state index in [4.69, 9.17) is 4.74 Å². The second-order valence-corrected chi connectivity index (χ2v) is 6.01. The fourth-order valence-corrected chi connectivity index (χ4v) is 2.67. The lowest BCUT2D eigenvalue weighted by Gasteiger charge is -2.12. The molecule has 1 amide bonds. The van der Waals surface area contributed by atoms with Crippen LogP contribution in [0.3, 0.4) is 0 Å². The third-order valence-electron chi connectivity index (χ3n) is 4.03. The molecule has 134 valence electrons. The highest BCUT2D eigenvalue weighted by Gasteiger charge is 2.10. The molecule has 0 bridgehead atoms. The van der Waals surface area contributed by atoms with E-state index >= 15 is 0 Å². The topological polar surface area (TPSA) is 56.2 Å². The molecule has 3 rings (SSSR count). The van der Waals surface area contributed by atoms with E-state index in [0.29, 0.717) is 24.5 Å². The predicted molar refractivity (Wildman–Crippen MR) is 102 cm³/mol. The maximum absolute atomic E-state index is 12.3. The third kappa shape index (κ3) is 4.96. The smallest absolute Gasteiger partial charge is 0.229 e. The number of carbonyl (C=O) groups is 1. The zero-order valence-electron chi connectivity index (χ0n) is 14.9. The Morgan fingerprint density at radius 1 is 1.08 bits per heavy atom. The summed E-state index contributed by atoms with van der Waals surface area (Å²) in [5, 5.41) is 7.13. The summed E-state index contributed by atoms with van der Waals surface area (Å²) < 4.78 is 7.69. The average molecular weight is 349 g/mol. The van der Waals surface area contributed by atoms with Gasteiger partial charge >= 0.3 is 0 Å². The first kappa shape index (κ1) is 17.7.